The highest BCUT2D eigenvalue weighted by Crippen LogP contribution is 2.53. The van der Waals surface area contributed by atoms with Crippen LogP contribution in [0.1, 0.15) is 446 Å². The van der Waals surface area contributed by atoms with Crippen molar-refractivity contribution in [3.05, 3.63) is 176 Å². The van der Waals surface area contributed by atoms with Gasteiger partial charge in [-0.3, -0.25) is 13.6 Å². The number of hydrogen-bond donors (Lipinski definition) is 0. The molecule has 4 unspecified atom stereocenters. The standard InChI is InChI=1S/C106H169O9P3/c1-20-26-32-38-44-47-53-65-88-68-56-59-71-98(88)110-116(107-74-62-50-41-35-29-23-4)113-101-78-85(8)91(81-95(101)104(11,12)13)84(7)77-94(92-82-96(105(14,15)16)102(79-86(92)9)114-117(108-75-63-51-42-36-30-24-5)111-99-72-60-57-69-89(99)66-54-48-45-39-33-27-21-2)93-83-97(106(17,18)19)103(80-87(93)10)115-118(109-76-64-52-43-37-31-25-6)112-100-73-61-58-70-90(100)67-55-49-46-40-34-28-22-3/h56-61,68-73,78-84,94H,20-55,62-67,74-77H2,1-19H3. The topological polar surface area (TPSA) is 83.1 Å². The summed E-state index contributed by atoms with van der Waals surface area (Å²) in [6.07, 6.45) is 51.3. The van der Waals surface area contributed by atoms with Gasteiger partial charge >= 0.3 is 25.8 Å². The fraction of sp³-hybridized carbons (Fsp3) is 0.660. The Morgan fingerprint density at radius 2 is 0.483 bits per heavy atom. The first kappa shape index (κ1) is 102. The largest absolute Gasteiger partial charge is 0.463 e. The highest BCUT2D eigenvalue weighted by molar-refractivity contribution is 7.43. The molecule has 0 aliphatic carbocycles. The predicted octanol–water partition coefficient (Wildman–Crippen LogP) is 35.9. The summed E-state index contributed by atoms with van der Waals surface area (Å²) < 4.78 is 64.0. The van der Waals surface area contributed by atoms with Gasteiger partial charge in [0.1, 0.15) is 34.5 Å². The number of aryl methyl sites for hydroxylation is 6. The Morgan fingerprint density at radius 3 is 0.746 bits per heavy atom. The number of benzene rings is 6. The second-order valence-corrected chi connectivity index (χ2v) is 40.7. The van der Waals surface area contributed by atoms with Gasteiger partial charge in [-0.2, -0.15) is 0 Å². The van der Waals surface area contributed by atoms with E-state index in [2.05, 4.69) is 241 Å². The van der Waals surface area contributed by atoms with Crippen LogP contribution in [0.4, 0.5) is 0 Å². The summed E-state index contributed by atoms with van der Waals surface area (Å²) in [7, 11) is -5.52. The molecule has 0 amide bonds. The van der Waals surface area contributed by atoms with Crippen molar-refractivity contribution in [2.45, 2.75) is 436 Å². The summed E-state index contributed by atoms with van der Waals surface area (Å²) in [5.74, 6) is 5.03. The van der Waals surface area contributed by atoms with Crippen LogP contribution in [0, 0.1) is 20.8 Å². The lowest BCUT2D eigenvalue weighted by Gasteiger charge is -2.33. The quantitative estimate of drug-likeness (QED) is 0.0274. The summed E-state index contributed by atoms with van der Waals surface area (Å²) in [4.78, 5) is 0. The van der Waals surface area contributed by atoms with Gasteiger partial charge in [-0.25, -0.2) is 0 Å². The van der Waals surface area contributed by atoms with Gasteiger partial charge in [0.05, 0.1) is 19.8 Å². The number of rotatable bonds is 65. The van der Waals surface area contributed by atoms with E-state index in [1.54, 1.807) is 0 Å². The van der Waals surface area contributed by atoms with Crippen LogP contribution in [0.2, 0.25) is 0 Å². The molecule has 0 aromatic heterocycles. The summed E-state index contributed by atoms with van der Waals surface area (Å²) in [6.45, 7) is 45.7. The van der Waals surface area contributed by atoms with Gasteiger partial charge in [-0.05, 0) is 194 Å². The molecule has 0 N–H and O–H groups in total. The molecule has 0 fully saturated rings. The number of unbranched alkanes of at least 4 members (excludes halogenated alkanes) is 33. The van der Waals surface area contributed by atoms with E-state index in [1.165, 1.54) is 232 Å². The van der Waals surface area contributed by atoms with Gasteiger partial charge in [-0.15, -0.1) is 0 Å². The van der Waals surface area contributed by atoms with Crippen molar-refractivity contribution in [1.29, 1.82) is 0 Å². The first-order valence-electron chi connectivity index (χ1n) is 48.0. The average Bonchev–Trinajstić information content (AvgIpc) is 0.756. The lowest BCUT2D eigenvalue weighted by Crippen LogP contribution is -2.19. The van der Waals surface area contributed by atoms with Gasteiger partial charge in [0.15, 0.2) is 0 Å². The zero-order valence-corrected chi connectivity index (χ0v) is 81.3. The third kappa shape index (κ3) is 38.2. The lowest BCUT2D eigenvalue weighted by atomic mass is 9.74. The van der Waals surface area contributed by atoms with Crippen molar-refractivity contribution < 1.29 is 40.7 Å². The molecule has 0 radical (unpaired) electrons. The normalized spacial score (nSPS) is 13.3. The van der Waals surface area contributed by atoms with Crippen LogP contribution in [-0.4, -0.2) is 19.8 Å². The first-order valence-corrected chi connectivity index (χ1v) is 51.3. The molecule has 9 nitrogen and oxygen atoms in total. The van der Waals surface area contributed by atoms with Crippen molar-refractivity contribution in [2.75, 3.05) is 19.8 Å². The molecule has 6 rings (SSSR count). The maximum Gasteiger partial charge on any atom is 0.463 e. The van der Waals surface area contributed by atoms with Gasteiger partial charge in [0.2, 0.25) is 0 Å². The van der Waals surface area contributed by atoms with Crippen LogP contribution >= 0.6 is 25.8 Å². The molecule has 0 aliphatic rings. The molecular formula is C106H169O9P3. The molecule has 12 heteroatoms. The van der Waals surface area contributed by atoms with Crippen LogP contribution in [-0.2, 0) is 49.1 Å². The zero-order valence-electron chi connectivity index (χ0n) is 78.6. The summed E-state index contributed by atoms with van der Waals surface area (Å²) in [5, 5.41) is 0. The Bertz CT molecular complexity index is 3500. The minimum absolute atomic E-state index is 0.0769. The van der Waals surface area contributed by atoms with Crippen molar-refractivity contribution in [3.63, 3.8) is 0 Å². The smallest absolute Gasteiger partial charge is 0.417 e. The number of para-hydroxylation sites is 3. The molecular weight excluding hydrogens is 1510 g/mol. The predicted molar refractivity (Wildman–Crippen MR) is 511 cm³/mol. The van der Waals surface area contributed by atoms with Crippen molar-refractivity contribution in [2.24, 2.45) is 0 Å². The maximum atomic E-state index is 7.39. The lowest BCUT2D eigenvalue weighted by molar-refractivity contribution is 0.255. The van der Waals surface area contributed by atoms with Crippen LogP contribution in [0.5, 0.6) is 34.5 Å². The Labute approximate surface area is 728 Å². The van der Waals surface area contributed by atoms with E-state index in [9.17, 15) is 0 Å². The molecule has 118 heavy (non-hydrogen) atoms. The molecule has 662 valence electrons. The first-order chi connectivity index (χ1) is 56.9. The third-order valence-electron chi connectivity index (χ3n) is 23.6. The van der Waals surface area contributed by atoms with E-state index >= 15 is 0 Å². The Kier molecular flexibility index (Phi) is 49.9. The van der Waals surface area contributed by atoms with Gasteiger partial charge < -0.3 is 27.1 Å². The van der Waals surface area contributed by atoms with Gasteiger partial charge in [-0.1, -0.05) is 395 Å². The van der Waals surface area contributed by atoms with Gasteiger partial charge in [0.25, 0.3) is 0 Å². The van der Waals surface area contributed by atoms with Crippen LogP contribution in [0.3, 0.4) is 0 Å². The van der Waals surface area contributed by atoms with Crippen LogP contribution in [0.15, 0.2) is 109 Å². The van der Waals surface area contributed by atoms with Crippen LogP contribution < -0.4 is 27.1 Å². The second kappa shape index (κ2) is 57.7. The fourth-order valence-electron chi connectivity index (χ4n) is 16.2. The summed E-state index contributed by atoms with van der Waals surface area (Å²) in [5.41, 5.74) is 13.4. The molecule has 6 aromatic rings. The highest BCUT2D eigenvalue weighted by atomic mass is 31.2. The minimum Gasteiger partial charge on any atom is -0.417 e. The van der Waals surface area contributed by atoms with Gasteiger partial charge in [0, 0.05) is 22.6 Å². The average molecular weight is 1680 g/mol. The fourth-order valence-corrected chi connectivity index (χ4v) is 19.5. The van der Waals surface area contributed by atoms with E-state index in [1.807, 2.05) is 0 Å². The molecule has 0 bridgehead atoms. The number of hydrogen-bond acceptors (Lipinski definition) is 9. The van der Waals surface area contributed by atoms with E-state index in [0.29, 0.717) is 19.8 Å². The van der Waals surface area contributed by atoms with Crippen molar-refractivity contribution >= 4 is 25.8 Å². The monoisotopic (exact) mass is 1680 g/mol. The molecule has 0 saturated carbocycles. The van der Waals surface area contributed by atoms with Crippen LogP contribution in [0.25, 0.3) is 0 Å². The molecule has 0 saturated heterocycles. The summed E-state index contributed by atoms with van der Waals surface area (Å²) >= 11 is 0. The third-order valence-corrected chi connectivity index (χ3v) is 26.8. The molecule has 0 heterocycles. The molecule has 0 spiro atoms. The SMILES string of the molecule is CCCCCCCCCc1ccccc1OP(OCCCCCCCC)Oc1cc(C)c(C(C)CC(c2cc(C(C)(C)C)c(OP(OCCCCCCCC)Oc3ccccc3CCCCCCCCC)cc2C)c2cc(C(C)(C)C)c(OP(OCCCCCCCC)Oc3ccccc3CCCCCCCCC)cc2C)cc1C(C)(C)C. The van der Waals surface area contributed by atoms with E-state index in [-0.39, 0.29) is 28.1 Å². The highest BCUT2D eigenvalue weighted by Gasteiger charge is 2.35. The zero-order chi connectivity index (χ0) is 85.4. The Balaban J connectivity index is 1.50. The Morgan fingerprint density at radius 1 is 0.263 bits per heavy atom. The molecule has 4 atom stereocenters. The van der Waals surface area contributed by atoms with E-state index < -0.39 is 25.8 Å². The van der Waals surface area contributed by atoms with Crippen molar-refractivity contribution in [1.82, 2.24) is 0 Å². The van der Waals surface area contributed by atoms with E-state index in [0.717, 1.165) is 146 Å². The Hall–Kier alpha value is -4.71. The maximum absolute atomic E-state index is 7.39. The second-order valence-electron chi connectivity index (χ2n) is 37.5. The molecule has 0 aliphatic heterocycles. The summed E-state index contributed by atoms with van der Waals surface area (Å²) in [6, 6.07) is 40.2. The van der Waals surface area contributed by atoms with Crippen molar-refractivity contribution in [3.8, 4) is 34.5 Å². The van der Waals surface area contributed by atoms with E-state index in [4.69, 9.17) is 40.7 Å². The minimum atomic E-state index is -1.85. The molecule has 6 aromatic carbocycles.